The van der Waals surface area contributed by atoms with Gasteiger partial charge in [0, 0.05) is 10.4 Å². The summed E-state index contributed by atoms with van der Waals surface area (Å²) in [6.07, 6.45) is 0.0984. The molecule has 3 rings (SSSR count). The second kappa shape index (κ2) is 7.23. The minimum absolute atomic E-state index is 0.0884. The van der Waals surface area contributed by atoms with E-state index < -0.39 is 5.91 Å². The molecule has 3 N–H and O–H groups in total. The van der Waals surface area contributed by atoms with E-state index in [9.17, 15) is 14.7 Å². The van der Waals surface area contributed by atoms with Crippen molar-refractivity contribution in [2.75, 3.05) is 0 Å². The van der Waals surface area contributed by atoms with Crippen LogP contribution in [0.25, 0.3) is 10.8 Å². The summed E-state index contributed by atoms with van der Waals surface area (Å²) < 4.78 is 0. The Kier molecular flexibility index (Phi) is 4.86. The van der Waals surface area contributed by atoms with Crippen molar-refractivity contribution in [3.8, 4) is 5.75 Å². The highest BCUT2D eigenvalue weighted by Crippen LogP contribution is 2.28. The number of benzene rings is 3. The van der Waals surface area contributed by atoms with Gasteiger partial charge in [-0.2, -0.15) is 0 Å². The summed E-state index contributed by atoms with van der Waals surface area (Å²) in [6, 6.07) is 17.3. The molecule has 3 aromatic carbocycles. The van der Waals surface area contributed by atoms with E-state index in [0.717, 1.165) is 10.9 Å². The number of halogens is 1. The molecule has 0 fully saturated rings. The Morgan fingerprint density at radius 2 is 1.64 bits per heavy atom. The van der Waals surface area contributed by atoms with E-state index in [2.05, 4.69) is 10.9 Å². The lowest BCUT2D eigenvalue weighted by Crippen LogP contribution is -2.42. The Morgan fingerprint density at radius 3 is 2.40 bits per heavy atom. The van der Waals surface area contributed by atoms with Crippen LogP contribution in [0.15, 0.2) is 60.7 Å². The average molecular weight is 355 g/mol. The number of carbonyl (C=O) groups is 2. The molecule has 0 aromatic heterocycles. The zero-order chi connectivity index (χ0) is 17.8. The molecule has 6 heteroatoms. The number of fused-ring (bicyclic) bond motifs is 1. The summed E-state index contributed by atoms with van der Waals surface area (Å²) in [5.74, 6) is -1.09. The average Bonchev–Trinajstić information content (AvgIpc) is 2.62. The standard InChI is InChI=1S/C19H15ClN2O3/c20-14-8-5-12(6-9-14)11-17(23)21-22-19(25)16-10-7-13-3-1-2-4-15(13)18(16)24/h1-10,24H,11H2,(H,21,23)(H,22,25). The van der Waals surface area contributed by atoms with E-state index in [1.165, 1.54) is 6.07 Å². The van der Waals surface area contributed by atoms with Crippen LogP contribution >= 0.6 is 11.6 Å². The van der Waals surface area contributed by atoms with Crippen molar-refractivity contribution in [3.63, 3.8) is 0 Å². The number of hydrazine groups is 1. The molecule has 5 nitrogen and oxygen atoms in total. The maximum atomic E-state index is 12.2. The van der Waals surface area contributed by atoms with Crippen LogP contribution < -0.4 is 10.9 Å². The van der Waals surface area contributed by atoms with Crippen LogP contribution in [-0.2, 0) is 11.2 Å². The van der Waals surface area contributed by atoms with Crippen molar-refractivity contribution < 1.29 is 14.7 Å². The fourth-order valence-corrected chi connectivity index (χ4v) is 2.59. The van der Waals surface area contributed by atoms with Crippen LogP contribution in [0.1, 0.15) is 15.9 Å². The maximum Gasteiger partial charge on any atom is 0.273 e. The summed E-state index contributed by atoms with van der Waals surface area (Å²) in [7, 11) is 0. The third-order valence-electron chi connectivity index (χ3n) is 3.74. The predicted octanol–water partition coefficient (Wildman–Crippen LogP) is 3.20. The molecule has 0 aliphatic carbocycles. The molecule has 0 heterocycles. The summed E-state index contributed by atoms with van der Waals surface area (Å²) >= 11 is 5.79. The summed E-state index contributed by atoms with van der Waals surface area (Å²) in [6.45, 7) is 0. The van der Waals surface area contributed by atoms with Crippen LogP contribution in [0.3, 0.4) is 0 Å². The summed E-state index contributed by atoms with van der Waals surface area (Å²) in [5.41, 5.74) is 5.50. The van der Waals surface area contributed by atoms with Crippen molar-refractivity contribution >= 4 is 34.2 Å². The van der Waals surface area contributed by atoms with Crippen molar-refractivity contribution in [1.29, 1.82) is 0 Å². The van der Waals surface area contributed by atoms with E-state index in [0.29, 0.717) is 10.4 Å². The number of nitrogens with one attached hydrogen (secondary N) is 2. The second-order valence-electron chi connectivity index (χ2n) is 5.49. The van der Waals surface area contributed by atoms with E-state index in [1.807, 2.05) is 12.1 Å². The van der Waals surface area contributed by atoms with Crippen molar-refractivity contribution in [2.45, 2.75) is 6.42 Å². The second-order valence-corrected chi connectivity index (χ2v) is 5.92. The Hall–Kier alpha value is -3.05. The molecule has 3 aromatic rings. The highest BCUT2D eigenvalue weighted by molar-refractivity contribution is 6.30. The molecule has 0 atom stereocenters. The van der Waals surface area contributed by atoms with Crippen molar-refractivity contribution in [3.05, 3.63) is 76.8 Å². The topological polar surface area (TPSA) is 78.4 Å². The number of hydrogen-bond donors (Lipinski definition) is 3. The zero-order valence-corrected chi connectivity index (χ0v) is 13.9. The van der Waals surface area contributed by atoms with E-state index in [-0.39, 0.29) is 23.6 Å². The summed E-state index contributed by atoms with van der Waals surface area (Å²) in [4.78, 5) is 24.1. The molecule has 0 radical (unpaired) electrons. The monoisotopic (exact) mass is 354 g/mol. The lowest BCUT2D eigenvalue weighted by atomic mass is 10.1. The smallest absolute Gasteiger partial charge is 0.273 e. The van der Waals surface area contributed by atoms with Gasteiger partial charge in [0.05, 0.1) is 12.0 Å². The number of aromatic hydroxyl groups is 1. The number of carbonyl (C=O) groups excluding carboxylic acids is 2. The minimum atomic E-state index is -0.590. The zero-order valence-electron chi connectivity index (χ0n) is 13.1. The molecule has 126 valence electrons. The van der Waals surface area contributed by atoms with Crippen molar-refractivity contribution in [2.24, 2.45) is 0 Å². The molecular formula is C19H15ClN2O3. The number of hydrogen-bond acceptors (Lipinski definition) is 3. The first-order chi connectivity index (χ1) is 12.0. The molecular weight excluding hydrogens is 340 g/mol. The highest BCUT2D eigenvalue weighted by atomic mass is 35.5. The van der Waals surface area contributed by atoms with Crippen LogP contribution in [0, 0.1) is 0 Å². The lowest BCUT2D eigenvalue weighted by molar-refractivity contribution is -0.121. The fraction of sp³-hybridized carbons (Fsp3) is 0.0526. The van der Waals surface area contributed by atoms with Gasteiger partial charge < -0.3 is 5.11 Å². The van der Waals surface area contributed by atoms with Gasteiger partial charge in [-0.3, -0.25) is 20.4 Å². The van der Waals surface area contributed by atoms with E-state index >= 15 is 0 Å². The molecule has 0 aliphatic heterocycles. The van der Waals surface area contributed by atoms with E-state index in [1.54, 1.807) is 42.5 Å². The maximum absolute atomic E-state index is 12.2. The van der Waals surface area contributed by atoms with Gasteiger partial charge in [0.1, 0.15) is 5.75 Å². The van der Waals surface area contributed by atoms with Crippen LogP contribution in [0.2, 0.25) is 5.02 Å². The van der Waals surface area contributed by atoms with Crippen LogP contribution in [0.4, 0.5) is 0 Å². The molecule has 0 aliphatic rings. The minimum Gasteiger partial charge on any atom is -0.506 e. The number of rotatable bonds is 3. The Bertz CT molecular complexity index is 939. The molecule has 0 saturated carbocycles. The van der Waals surface area contributed by atoms with Gasteiger partial charge in [0.15, 0.2) is 0 Å². The Balaban J connectivity index is 1.65. The van der Waals surface area contributed by atoms with Gasteiger partial charge in [-0.05, 0) is 29.1 Å². The van der Waals surface area contributed by atoms with E-state index in [4.69, 9.17) is 11.6 Å². The fourth-order valence-electron chi connectivity index (χ4n) is 2.46. The SMILES string of the molecule is O=C(Cc1ccc(Cl)cc1)NNC(=O)c1ccc2ccccc2c1O. The molecule has 2 amide bonds. The van der Waals surface area contributed by atoms with Gasteiger partial charge >= 0.3 is 0 Å². The van der Waals surface area contributed by atoms with Crippen molar-refractivity contribution in [1.82, 2.24) is 10.9 Å². The number of phenolic OH excluding ortho intramolecular Hbond substituents is 1. The highest BCUT2D eigenvalue weighted by Gasteiger charge is 2.14. The van der Waals surface area contributed by atoms with Gasteiger partial charge in [-0.25, -0.2) is 0 Å². The lowest BCUT2D eigenvalue weighted by Gasteiger charge is -2.10. The molecule has 0 unspecified atom stereocenters. The third kappa shape index (κ3) is 3.89. The predicted molar refractivity (Wildman–Crippen MR) is 96.4 cm³/mol. The first-order valence-electron chi connectivity index (χ1n) is 7.59. The Labute approximate surface area is 149 Å². The van der Waals surface area contributed by atoms with Gasteiger partial charge in [0.25, 0.3) is 5.91 Å². The molecule has 25 heavy (non-hydrogen) atoms. The largest absolute Gasteiger partial charge is 0.506 e. The summed E-state index contributed by atoms with van der Waals surface area (Å²) in [5, 5.41) is 12.2. The molecule has 0 spiro atoms. The quantitative estimate of drug-likeness (QED) is 0.632. The Morgan fingerprint density at radius 1 is 0.920 bits per heavy atom. The molecule has 0 saturated heterocycles. The van der Waals surface area contributed by atoms with Gasteiger partial charge in [-0.1, -0.05) is 54.1 Å². The van der Waals surface area contributed by atoms with Crippen LogP contribution in [-0.4, -0.2) is 16.9 Å². The molecule has 0 bridgehead atoms. The van der Waals surface area contributed by atoms with Crippen LogP contribution in [0.5, 0.6) is 5.75 Å². The number of amides is 2. The number of phenols is 1. The third-order valence-corrected chi connectivity index (χ3v) is 3.99. The normalized spacial score (nSPS) is 10.4. The van der Waals surface area contributed by atoms with Gasteiger partial charge in [-0.15, -0.1) is 0 Å². The van der Waals surface area contributed by atoms with Gasteiger partial charge in [0.2, 0.25) is 5.91 Å². The first kappa shape index (κ1) is 16.8. The first-order valence-corrected chi connectivity index (χ1v) is 7.97.